The van der Waals surface area contributed by atoms with Gasteiger partial charge in [0.25, 0.3) is 0 Å². The van der Waals surface area contributed by atoms with E-state index in [-0.39, 0.29) is 5.78 Å². The lowest BCUT2D eigenvalue weighted by Crippen LogP contribution is -2.35. The average Bonchev–Trinajstić information content (AvgIpc) is 3.11. The van der Waals surface area contributed by atoms with Gasteiger partial charge in [0.05, 0.1) is 23.7 Å². The van der Waals surface area contributed by atoms with E-state index in [1.165, 1.54) is 0 Å². The predicted molar refractivity (Wildman–Crippen MR) is 93.9 cm³/mol. The second kappa shape index (κ2) is 5.95. The van der Waals surface area contributed by atoms with Gasteiger partial charge in [0.1, 0.15) is 5.78 Å². The molecule has 0 radical (unpaired) electrons. The fraction of sp³-hybridized carbons (Fsp3) is 0.190. The van der Waals surface area contributed by atoms with E-state index in [9.17, 15) is 24.6 Å². The van der Waals surface area contributed by atoms with Gasteiger partial charge < -0.3 is 10.2 Å². The van der Waals surface area contributed by atoms with Crippen LogP contribution < -0.4 is 0 Å². The van der Waals surface area contributed by atoms with Gasteiger partial charge >= 0.3 is 11.9 Å². The largest absolute Gasteiger partial charge is 0.481 e. The maximum absolute atomic E-state index is 13.0. The van der Waals surface area contributed by atoms with Crippen LogP contribution in [0, 0.1) is 23.7 Å². The molecule has 5 heteroatoms. The number of benzene rings is 2. The van der Waals surface area contributed by atoms with Crippen molar-refractivity contribution >= 4 is 28.9 Å². The molecule has 2 aromatic rings. The molecule has 2 aliphatic rings. The van der Waals surface area contributed by atoms with Crippen LogP contribution in [-0.2, 0) is 14.4 Å². The minimum Gasteiger partial charge on any atom is -0.481 e. The Morgan fingerprint density at radius 1 is 0.654 bits per heavy atom. The van der Waals surface area contributed by atoms with Gasteiger partial charge in [0, 0.05) is 0 Å². The van der Waals surface area contributed by atoms with Crippen molar-refractivity contribution in [1.29, 1.82) is 0 Å². The van der Waals surface area contributed by atoms with Crippen molar-refractivity contribution in [3.05, 3.63) is 71.8 Å². The van der Waals surface area contributed by atoms with Gasteiger partial charge in [-0.2, -0.15) is 0 Å². The van der Waals surface area contributed by atoms with Crippen LogP contribution in [-0.4, -0.2) is 27.9 Å². The number of rotatable bonds is 4. The molecule has 0 spiro atoms. The molecule has 130 valence electrons. The highest BCUT2D eigenvalue weighted by Crippen LogP contribution is 2.59. The lowest BCUT2D eigenvalue weighted by molar-refractivity contribution is -0.153. The minimum absolute atomic E-state index is 0.303. The molecular formula is C21H16O5. The van der Waals surface area contributed by atoms with E-state index in [0.717, 1.165) is 11.1 Å². The Kier molecular flexibility index (Phi) is 3.72. The third-order valence-electron chi connectivity index (χ3n) is 5.37. The Hall–Kier alpha value is -3.21. The molecule has 26 heavy (non-hydrogen) atoms. The van der Waals surface area contributed by atoms with Crippen LogP contribution in [0.3, 0.4) is 0 Å². The molecule has 4 rings (SSSR count). The van der Waals surface area contributed by atoms with Gasteiger partial charge in [0.15, 0.2) is 0 Å². The third kappa shape index (κ3) is 2.20. The average molecular weight is 348 g/mol. The van der Waals surface area contributed by atoms with E-state index in [1.807, 2.05) is 60.7 Å². The number of hydrogen-bond acceptors (Lipinski definition) is 3. The molecule has 2 aliphatic carbocycles. The summed E-state index contributed by atoms with van der Waals surface area (Å²) in [6, 6.07) is 18.3. The van der Waals surface area contributed by atoms with Gasteiger partial charge in [-0.3, -0.25) is 14.4 Å². The second-order valence-corrected chi connectivity index (χ2v) is 6.65. The van der Waals surface area contributed by atoms with Crippen LogP contribution in [0.25, 0.3) is 11.1 Å². The highest BCUT2D eigenvalue weighted by Gasteiger charge is 2.63. The van der Waals surface area contributed by atoms with Crippen molar-refractivity contribution in [2.45, 2.75) is 0 Å². The van der Waals surface area contributed by atoms with Crippen LogP contribution in [0.4, 0.5) is 0 Å². The summed E-state index contributed by atoms with van der Waals surface area (Å²) in [6.45, 7) is 0. The zero-order chi connectivity index (χ0) is 18.4. The van der Waals surface area contributed by atoms with E-state index in [2.05, 4.69) is 0 Å². The predicted octanol–water partition coefficient (Wildman–Crippen LogP) is 2.83. The topological polar surface area (TPSA) is 91.7 Å². The number of fused-ring (bicyclic) bond motifs is 2. The van der Waals surface area contributed by atoms with Crippen LogP contribution in [0.2, 0.25) is 0 Å². The van der Waals surface area contributed by atoms with Gasteiger partial charge in [0.2, 0.25) is 0 Å². The number of carbonyl (C=O) groups is 3. The van der Waals surface area contributed by atoms with Gasteiger partial charge in [-0.15, -0.1) is 0 Å². The van der Waals surface area contributed by atoms with E-state index in [0.29, 0.717) is 11.1 Å². The number of Topliss-reactive ketones (excluding diaryl/α,β-unsaturated/α-hetero) is 1. The smallest absolute Gasteiger partial charge is 0.308 e. The van der Waals surface area contributed by atoms with E-state index in [1.54, 1.807) is 0 Å². The van der Waals surface area contributed by atoms with Crippen LogP contribution in [0.5, 0.6) is 0 Å². The summed E-state index contributed by atoms with van der Waals surface area (Å²) >= 11 is 0. The maximum Gasteiger partial charge on any atom is 0.308 e. The number of ketones is 1. The number of carboxylic acid groups (broad SMARTS) is 2. The summed E-state index contributed by atoms with van der Waals surface area (Å²) < 4.78 is 0. The van der Waals surface area contributed by atoms with Crippen molar-refractivity contribution in [3.8, 4) is 0 Å². The van der Waals surface area contributed by atoms with Crippen LogP contribution in [0.15, 0.2) is 60.7 Å². The van der Waals surface area contributed by atoms with Crippen LogP contribution in [0.1, 0.15) is 11.1 Å². The molecule has 0 amide bonds. The summed E-state index contributed by atoms with van der Waals surface area (Å²) in [5, 5.41) is 19.3. The number of allylic oxidation sites excluding steroid dienone is 2. The first kappa shape index (κ1) is 16.3. The Morgan fingerprint density at radius 2 is 1.00 bits per heavy atom. The number of carboxylic acids is 2. The zero-order valence-electron chi connectivity index (χ0n) is 13.7. The number of carbonyl (C=O) groups excluding carboxylic acids is 1. The fourth-order valence-corrected chi connectivity index (χ4v) is 4.44. The molecule has 2 N–H and O–H groups in total. The SMILES string of the molecule is O=C1C2C(c3ccccc3)=C(c3ccccc3)C1C(C(=O)O)C2C(=O)O. The maximum atomic E-state index is 13.0. The quantitative estimate of drug-likeness (QED) is 0.886. The monoisotopic (exact) mass is 348 g/mol. The lowest BCUT2D eigenvalue weighted by Gasteiger charge is -2.28. The minimum atomic E-state index is -1.24. The van der Waals surface area contributed by atoms with Crippen molar-refractivity contribution in [3.63, 3.8) is 0 Å². The molecule has 1 fully saturated rings. The Labute approximate surface area is 149 Å². The number of aliphatic carboxylic acids is 2. The summed E-state index contributed by atoms with van der Waals surface area (Å²) in [5.41, 5.74) is 2.83. The van der Waals surface area contributed by atoms with E-state index in [4.69, 9.17) is 0 Å². The van der Waals surface area contributed by atoms with Gasteiger partial charge in [-0.1, -0.05) is 60.7 Å². The van der Waals surface area contributed by atoms with Gasteiger partial charge in [-0.25, -0.2) is 0 Å². The molecule has 0 heterocycles. The number of hydrogen-bond donors (Lipinski definition) is 2. The molecule has 5 nitrogen and oxygen atoms in total. The lowest BCUT2D eigenvalue weighted by atomic mass is 9.72. The van der Waals surface area contributed by atoms with Gasteiger partial charge in [-0.05, 0) is 22.3 Å². The van der Waals surface area contributed by atoms with E-state index < -0.39 is 35.6 Å². The van der Waals surface area contributed by atoms with Crippen molar-refractivity contribution < 1.29 is 24.6 Å². The molecule has 4 unspecified atom stereocenters. The standard InChI is InChI=1S/C21H16O5/c22-19-15-13(11-7-3-1-4-8-11)14(12-9-5-2-6-10-12)16(19)18(21(25)26)17(15)20(23)24/h1-10,15-18H,(H,23,24)(H,25,26). The molecule has 0 aromatic heterocycles. The highest BCUT2D eigenvalue weighted by molar-refractivity contribution is 6.21. The first-order valence-electron chi connectivity index (χ1n) is 8.36. The molecule has 1 saturated carbocycles. The van der Waals surface area contributed by atoms with E-state index >= 15 is 0 Å². The molecule has 0 saturated heterocycles. The summed E-state index contributed by atoms with van der Waals surface area (Å²) in [6.07, 6.45) is 0. The molecule has 2 bridgehead atoms. The third-order valence-corrected chi connectivity index (χ3v) is 5.37. The van der Waals surface area contributed by atoms with Crippen molar-refractivity contribution in [2.75, 3.05) is 0 Å². The fourth-order valence-electron chi connectivity index (χ4n) is 4.44. The molecule has 2 aromatic carbocycles. The molecular weight excluding hydrogens is 332 g/mol. The van der Waals surface area contributed by atoms with Crippen molar-refractivity contribution in [1.82, 2.24) is 0 Å². The summed E-state index contributed by atoms with van der Waals surface area (Å²) in [7, 11) is 0. The Morgan fingerprint density at radius 3 is 1.31 bits per heavy atom. The van der Waals surface area contributed by atoms with Crippen molar-refractivity contribution in [2.24, 2.45) is 23.7 Å². The van der Waals surface area contributed by atoms with Crippen LogP contribution >= 0.6 is 0 Å². The summed E-state index contributed by atoms with van der Waals surface area (Å²) in [4.78, 5) is 36.7. The highest BCUT2D eigenvalue weighted by atomic mass is 16.4. The normalized spacial score (nSPS) is 27.0. The summed E-state index contributed by atoms with van der Waals surface area (Å²) in [5.74, 6) is -7.13. The second-order valence-electron chi connectivity index (χ2n) is 6.65. The Bertz CT molecular complexity index is 854. The Balaban J connectivity index is 2.01. The first-order valence-corrected chi connectivity index (χ1v) is 8.36. The molecule has 4 atom stereocenters. The first-order chi connectivity index (χ1) is 12.5. The zero-order valence-corrected chi connectivity index (χ0v) is 13.7. The molecule has 0 aliphatic heterocycles.